The number of hydrogen-bond donors (Lipinski definition) is 2. The Morgan fingerprint density at radius 1 is 1.40 bits per heavy atom. The summed E-state index contributed by atoms with van der Waals surface area (Å²) in [4.78, 5) is 11.3. The largest absolute Gasteiger partial charge is 0.443 e. The van der Waals surface area contributed by atoms with Crippen LogP contribution in [0.25, 0.3) is 0 Å². The predicted molar refractivity (Wildman–Crippen MR) is 59.2 cm³/mol. The van der Waals surface area contributed by atoms with Crippen molar-refractivity contribution in [3.05, 3.63) is 12.2 Å². The van der Waals surface area contributed by atoms with Crippen LogP contribution in [-0.4, -0.2) is 17.7 Å². The zero-order valence-electron chi connectivity index (χ0n) is 9.83. The van der Waals surface area contributed by atoms with Crippen LogP contribution in [0.15, 0.2) is 12.2 Å². The van der Waals surface area contributed by atoms with Gasteiger partial charge in [-0.1, -0.05) is 19.1 Å². The van der Waals surface area contributed by atoms with Crippen molar-refractivity contribution in [2.45, 2.75) is 45.8 Å². The standard InChI is InChI=1S/C11H20N2O2/c1-8-5-6-9(7-8)12-13-10(14)15-11(2,3)4/h5-6,8-9,12H,7H2,1-4H3,(H,13,14)/t8-,9-/m0/s1. The summed E-state index contributed by atoms with van der Waals surface area (Å²) in [6.07, 6.45) is 4.77. The van der Waals surface area contributed by atoms with Gasteiger partial charge in [-0.2, -0.15) is 0 Å². The fourth-order valence-electron chi connectivity index (χ4n) is 1.44. The highest BCUT2D eigenvalue weighted by atomic mass is 16.6. The molecule has 2 N–H and O–H groups in total. The van der Waals surface area contributed by atoms with Crippen molar-refractivity contribution in [2.24, 2.45) is 5.92 Å². The molecule has 0 bridgehead atoms. The molecule has 4 heteroatoms. The van der Waals surface area contributed by atoms with Crippen molar-refractivity contribution < 1.29 is 9.53 Å². The number of carbonyl (C=O) groups excluding carboxylic acids is 1. The van der Waals surface area contributed by atoms with E-state index in [-0.39, 0.29) is 6.04 Å². The number of hydrogen-bond acceptors (Lipinski definition) is 3. The van der Waals surface area contributed by atoms with Gasteiger partial charge in [0, 0.05) is 6.04 Å². The monoisotopic (exact) mass is 212 g/mol. The highest BCUT2D eigenvalue weighted by Gasteiger charge is 2.18. The van der Waals surface area contributed by atoms with Gasteiger partial charge in [-0.05, 0) is 33.1 Å². The van der Waals surface area contributed by atoms with Gasteiger partial charge in [0.2, 0.25) is 0 Å². The number of hydrazine groups is 1. The van der Waals surface area contributed by atoms with Crippen LogP contribution < -0.4 is 10.9 Å². The Morgan fingerprint density at radius 2 is 2.07 bits per heavy atom. The van der Waals surface area contributed by atoms with Crippen molar-refractivity contribution in [2.75, 3.05) is 0 Å². The van der Waals surface area contributed by atoms with Crippen LogP contribution in [-0.2, 0) is 4.74 Å². The highest BCUT2D eigenvalue weighted by Crippen LogP contribution is 2.15. The van der Waals surface area contributed by atoms with E-state index < -0.39 is 11.7 Å². The maximum absolute atomic E-state index is 11.3. The van der Waals surface area contributed by atoms with Crippen LogP contribution in [0.2, 0.25) is 0 Å². The average molecular weight is 212 g/mol. The minimum Gasteiger partial charge on any atom is -0.443 e. The molecule has 0 heterocycles. The van der Waals surface area contributed by atoms with Crippen LogP contribution in [0.1, 0.15) is 34.1 Å². The Balaban J connectivity index is 2.20. The fourth-order valence-corrected chi connectivity index (χ4v) is 1.44. The second-order valence-electron chi connectivity index (χ2n) is 4.98. The number of nitrogens with one attached hydrogen (secondary N) is 2. The van der Waals surface area contributed by atoms with Crippen molar-refractivity contribution >= 4 is 6.09 Å². The first-order valence-electron chi connectivity index (χ1n) is 5.29. The van der Waals surface area contributed by atoms with Gasteiger partial charge in [0.25, 0.3) is 0 Å². The molecule has 0 spiro atoms. The molecule has 0 saturated heterocycles. The number of amides is 1. The van der Waals surface area contributed by atoms with Gasteiger partial charge in [0.1, 0.15) is 5.60 Å². The molecule has 86 valence electrons. The molecule has 1 amide bonds. The number of rotatable bonds is 2. The number of ether oxygens (including phenoxy) is 1. The van der Waals surface area contributed by atoms with E-state index in [2.05, 4.69) is 29.9 Å². The molecule has 4 nitrogen and oxygen atoms in total. The summed E-state index contributed by atoms with van der Waals surface area (Å²) in [5, 5.41) is 0. The van der Waals surface area contributed by atoms with E-state index in [1.54, 1.807) is 0 Å². The van der Waals surface area contributed by atoms with Gasteiger partial charge in [-0.3, -0.25) is 5.43 Å². The van der Waals surface area contributed by atoms with E-state index in [0.717, 1.165) is 6.42 Å². The summed E-state index contributed by atoms with van der Waals surface area (Å²) in [6.45, 7) is 7.66. The van der Waals surface area contributed by atoms with Crippen molar-refractivity contribution in [3.8, 4) is 0 Å². The molecule has 0 fully saturated rings. The molecule has 2 atom stereocenters. The lowest BCUT2D eigenvalue weighted by Crippen LogP contribution is -2.45. The SMILES string of the molecule is C[C@H]1C=C[C@H](NNC(=O)OC(C)(C)C)C1. The minimum atomic E-state index is -0.454. The van der Waals surface area contributed by atoms with Crippen LogP contribution in [0, 0.1) is 5.92 Å². The third-order valence-electron chi connectivity index (χ3n) is 2.06. The van der Waals surface area contributed by atoms with Gasteiger partial charge in [-0.25, -0.2) is 10.2 Å². The summed E-state index contributed by atoms with van der Waals surface area (Å²) in [7, 11) is 0. The third-order valence-corrected chi connectivity index (χ3v) is 2.06. The normalized spacial score (nSPS) is 25.3. The second-order valence-corrected chi connectivity index (χ2v) is 4.98. The van der Waals surface area contributed by atoms with Gasteiger partial charge in [0.05, 0.1) is 0 Å². The molecule has 1 aliphatic rings. The zero-order chi connectivity index (χ0) is 11.5. The Kier molecular flexibility index (Phi) is 3.74. The Hall–Kier alpha value is -1.03. The topological polar surface area (TPSA) is 50.4 Å². The van der Waals surface area contributed by atoms with Gasteiger partial charge >= 0.3 is 6.09 Å². The van der Waals surface area contributed by atoms with Crippen LogP contribution >= 0.6 is 0 Å². The summed E-state index contributed by atoms with van der Waals surface area (Å²) in [5.74, 6) is 0.572. The molecule has 0 unspecified atom stereocenters. The van der Waals surface area contributed by atoms with E-state index in [4.69, 9.17) is 4.74 Å². The predicted octanol–water partition coefficient (Wildman–Crippen LogP) is 1.98. The van der Waals surface area contributed by atoms with Crippen LogP contribution in [0.5, 0.6) is 0 Å². The summed E-state index contributed by atoms with van der Waals surface area (Å²) >= 11 is 0. The minimum absolute atomic E-state index is 0.215. The summed E-state index contributed by atoms with van der Waals surface area (Å²) in [5.41, 5.74) is 5.01. The molecule has 15 heavy (non-hydrogen) atoms. The molecular weight excluding hydrogens is 192 g/mol. The molecule has 0 aliphatic heterocycles. The van der Waals surface area contributed by atoms with Crippen molar-refractivity contribution in [3.63, 3.8) is 0 Å². The van der Waals surface area contributed by atoms with E-state index in [1.165, 1.54) is 0 Å². The second kappa shape index (κ2) is 4.66. The smallest absolute Gasteiger partial charge is 0.422 e. The van der Waals surface area contributed by atoms with Gasteiger partial charge in [-0.15, -0.1) is 0 Å². The zero-order valence-corrected chi connectivity index (χ0v) is 9.83. The molecule has 0 aromatic rings. The van der Waals surface area contributed by atoms with Crippen LogP contribution in [0.3, 0.4) is 0 Å². The fraction of sp³-hybridized carbons (Fsp3) is 0.727. The Labute approximate surface area is 91.0 Å². The Morgan fingerprint density at radius 3 is 2.53 bits per heavy atom. The average Bonchev–Trinajstić information content (AvgIpc) is 2.45. The first-order valence-corrected chi connectivity index (χ1v) is 5.29. The molecule has 1 rings (SSSR count). The third kappa shape index (κ3) is 4.83. The van der Waals surface area contributed by atoms with E-state index in [0.29, 0.717) is 5.92 Å². The van der Waals surface area contributed by atoms with E-state index in [9.17, 15) is 4.79 Å². The number of carbonyl (C=O) groups is 1. The summed E-state index contributed by atoms with van der Waals surface area (Å²) in [6, 6.07) is 0.215. The van der Waals surface area contributed by atoms with Gasteiger partial charge in [0.15, 0.2) is 0 Å². The maximum Gasteiger partial charge on any atom is 0.422 e. The first kappa shape index (κ1) is 12.0. The van der Waals surface area contributed by atoms with E-state index >= 15 is 0 Å². The quantitative estimate of drug-likeness (QED) is 0.543. The maximum atomic E-state index is 11.3. The first-order chi connectivity index (χ1) is 6.87. The molecule has 0 saturated carbocycles. The van der Waals surface area contributed by atoms with Crippen LogP contribution in [0.4, 0.5) is 4.79 Å². The van der Waals surface area contributed by atoms with Gasteiger partial charge < -0.3 is 4.74 Å². The lowest BCUT2D eigenvalue weighted by Gasteiger charge is -2.21. The molecule has 0 aromatic heterocycles. The molecule has 0 aromatic carbocycles. The molecule has 0 radical (unpaired) electrons. The Bertz CT molecular complexity index is 256. The summed E-state index contributed by atoms with van der Waals surface area (Å²) < 4.78 is 5.09. The molecular formula is C11H20N2O2. The molecule has 1 aliphatic carbocycles. The highest BCUT2D eigenvalue weighted by molar-refractivity contribution is 5.67. The lowest BCUT2D eigenvalue weighted by atomic mass is 10.1. The number of allylic oxidation sites excluding steroid dienone is 1. The van der Waals surface area contributed by atoms with Crippen molar-refractivity contribution in [1.29, 1.82) is 0 Å². The lowest BCUT2D eigenvalue weighted by molar-refractivity contribution is 0.0491. The van der Waals surface area contributed by atoms with E-state index in [1.807, 2.05) is 20.8 Å². The van der Waals surface area contributed by atoms with Crippen molar-refractivity contribution in [1.82, 2.24) is 10.9 Å².